The van der Waals surface area contributed by atoms with Crippen molar-refractivity contribution in [1.29, 1.82) is 0 Å². The van der Waals surface area contributed by atoms with E-state index >= 15 is 0 Å². The maximum atomic E-state index is 12.7. The van der Waals surface area contributed by atoms with E-state index in [2.05, 4.69) is 51.8 Å². The second-order valence-corrected chi connectivity index (χ2v) is 6.85. The Kier molecular flexibility index (Phi) is 7.01. The highest BCUT2D eigenvalue weighted by Gasteiger charge is 2.41. The van der Waals surface area contributed by atoms with Gasteiger partial charge >= 0.3 is 0 Å². The van der Waals surface area contributed by atoms with Crippen molar-refractivity contribution in [3.8, 4) is 0 Å². The fraction of sp³-hybridized carbons (Fsp3) is 0.941. The molecule has 3 atom stereocenters. The molecule has 0 saturated carbocycles. The first-order chi connectivity index (χ1) is 9.44. The van der Waals surface area contributed by atoms with Crippen LogP contribution in [-0.4, -0.2) is 29.6 Å². The summed E-state index contributed by atoms with van der Waals surface area (Å²) < 4.78 is 0. The molecule has 0 aromatic heterocycles. The van der Waals surface area contributed by atoms with E-state index in [-0.39, 0.29) is 12.2 Å². The van der Waals surface area contributed by atoms with Gasteiger partial charge in [0, 0.05) is 6.54 Å². The summed E-state index contributed by atoms with van der Waals surface area (Å²) in [6, 6.07) is 0.0260. The minimum absolute atomic E-state index is 0.0260. The lowest BCUT2D eigenvalue weighted by atomic mass is 9.98. The summed E-state index contributed by atoms with van der Waals surface area (Å²) in [5.74, 6) is 1.99. The highest BCUT2D eigenvalue weighted by Crippen LogP contribution is 2.25. The van der Waals surface area contributed by atoms with Gasteiger partial charge in [0.1, 0.15) is 0 Å². The van der Waals surface area contributed by atoms with Crippen LogP contribution in [0.2, 0.25) is 0 Å². The molecule has 3 heteroatoms. The molecule has 1 rings (SSSR count). The van der Waals surface area contributed by atoms with E-state index in [1.807, 2.05) is 0 Å². The maximum absolute atomic E-state index is 12.7. The molecule has 0 bridgehead atoms. The van der Waals surface area contributed by atoms with Crippen molar-refractivity contribution in [1.82, 2.24) is 10.2 Å². The van der Waals surface area contributed by atoms with Crippen molar-refractivity contribution in [3.05, 3.63) is 0 Å². The quantitative estimate of drug-likeness (QED) is 0.737. The van der Waals surface area contributed by atoms with Gasteiger partial charge in [-0.05, 0) is 24.2 Å². The zero-order valence-corrected chi connectivity index (χ0v) is 14.3. The lowest BCUT2D eigenvalue weighted by Crippen LogP contribution is -2.41. The normalized spacial score (nSPS) is 25.0. The van der Waals surface area contributed by atoms with E-state index in [0.717, 1.165) is 32.2 Å². The highest BCUT2D eigenvalue weighted by molar-refractivity contribution is 5.84. The molecule has 1 N–H and O–H groups in total. The molecule has 1 saturated heterocycles. The number of nitrogens with one attached hydrogen (secondary N) is 1. The second kappa shape index (κ2) is 8.02. The molecule has 1 amide bonds. The van der Waals surface area contributed by atoms with E-state index in [1.165, 1.54) is 0 Å². The SMILES string of the molecule is CCC(CC)CN1C(=O)C(C(C)CC)NC1CC(C)C. The lowest BCUT2D eigenvalue weighted by molar-refractivity contribution is -0.131. The number of hydrogen-bond acceptors (Lipinski definition) is 2. The Hall–Kier alpha value is -0.570. The number of amides is 1. The first-order valence-corrected chi connectivity index (χ1v) is 8.50. The van der Waals surface area contributed by atoms with Gasteiger partial charge in [-0.3, -0.25) is 10.1 Å². The van der Waals surface area contributed by atoms with Crippen molar-refractivity contribution in [2.24, 2.45) is 17.8 Å². The molecule has 0 radical (unpaired) electrons. The van der Waals surface area contributed by atoms with Crippen LogP contribution in [0.5, 0.6) is 0 Å². The van der Waals surface area contributed by atoms with Crippen molar-refractivity contribution >= 4 is 5.91 Å². The summed E-state index contributed by atoms with van der Waals surface area (Å²) in [5.41, 5.74) is 0. The Labute approximate surface area is 125 Å². The van der Waals surface area contributed by atoms with Crippen LogP contribution in [0.3, 0.4) is 0 Å². The van der Waals surface area contributed by atoms with Gasteiger partial charge in [0.05, 0.1) is 12.2 Å². The predicted molar refractivity (Wildman–Crippen MR) is 85.4 cm³/mol. The van der Waals surface area contributed by atoms with Crippen molar-refractivity contribution in [2.75, 3.05) is 6.54 Å². The Morgan fingerprint density at radius 3 is 2.15 bits per heavy atom. The summed E-state index contributed by atoms with van der Waals surface area (Å²) in [7, 11) is 0. The Morgan fingerprint density at radius 1 is 1.10 bits per heavy atom. The Balaban J connectivity index is 2.81. The van der Waals surface area contributed by atoms with Crippen molar-refractivity contribution < 1.29 is 4.79 Å². The molecule has 3 unspecified atom stereocenters. The molecular weight excluding hydrogens is 248 g/mol. The van der Waals surface area contributed by atoms with Gasteiger partial charge in [0.15, 0.2) is 0 Å². The van der Waals surface area contributed by atoms with Crippen molar-refractivity contribution in [2.45, 2.75) is 79.4 Å². The van der Waals surface area contributed by atoms with E-state index in [4.69, 9.17) is 0 Å². The van der Waals surface area contributed by atoms with Crippen LogP contribution < -0.4 is 5.32 Å². The summed E-state index contributed by atoms with van der Waals surface area (Å²) in [6.07, 6.45) is 4.66. The van der Waals surface area contributed by atoms with Gasteiger partial charge in [-0.15, -0.1) is 0 Å². The molecule has 0 aliphatic carbocycles. The van der Waals surface area contributed by atoms with Crippen LogP contribution in [0.4, 0.5) is 0 Å². The van der Waals surface area contributed by atoms with Crippen molar-refractivity contribution in [3.63, 3.8) is 0 Å². The minimum atomic E-state index is 0.0260. The Bertz CT molecular complexity index is 299. The molecule has 1 aliphatic rings. The fourth-order valence-corrected chi connectivity index (χ4v) is 3.03. The fourth-order valence-electron chi connectivity index (χ4n) is 3.03. The molecule has 3 nitrogen and oxygen atoms in total. The first-order valence-electron chi connectivity index (χ1n) is 8.50. The largest absolute Gasteiger partial charge is 0.326 e. The first kappa shape index (κ1) is 17.5. The standard InChI is InChI=1S/C17H34N2O/c1-7-13(6)16-17(20)19(11-14(8-2)9-3)15(18-16)10-12(4)5/h12-16,18H,7-11H2,1-6H3. The highest BCUT2D eigenvalue weighted by atomic mass is 16.2. The second-order valence-electron chi connectivity index (χ2n) is 6.85. The third-order valence-electron chi connectivity index (χ3n) is 4.81. The molecule has 1 heterocycles. The molecule has 118 valence electrons. The summed E-state index contributed by atoms with van der Waals surface area (Å²) in [6.45, 7) is 14.2. The molecule has 1 fully saturated rings. The molecular formula is C17H34N2O. The summed E-state index contributed by atoms with van der Waals surface area (Å²) in [5, 5.41) is 3.60. The topological polar surface area (TPSA) is 32.3 Å². The average molecular weight is 282 g/mol. The number of carbonyl (C=O) groups excluding carboxylic acids is 1. The lowest BCUT2D eigenvalue weighted by Gasteiger charge is -2.29. The zero-order valence-electron chi connectivity index (χ0n) is 14.3. The third kappa shape index (κ3) is 4.21. The van der Waals surface area contributed by atoms with E-state index in [0.29, 0.717) is 23.7 Å². The van der Waals surface area contributed by atoms with Gasteiger partial charge in [0.2, 0.25) is 5.91 Å². The van der Waals surface area contributed by atoms with Gasteiger partial charge in [-0.2, -0.15) is 0 Å². The van der Waals surface area contributed by atoms with Gasteiger partial charge in [0.25, 0.3) is 0 Å². The Morgan fingerprint density at radius 2 is 1.70 bits per heavy atom. The van der Waals surface area contributed by atoms with Gasteiger partial charge < -0.3 is 4.90 Å². The molecule has 1 aliphatic heterocycles. The van der Waals surface area contributed by atoms with E-state index < -0.39 is 0 Å². The summed E-state index contributed by atoms with van der Waals surface area (Å²) in [4.78, 5) is 14.9. The minimum Gasteiger partial charge on any atom is -0.326 e. The summed E-state index contributed by atoms with van der Waals surface area (Å²) >= 11 is 0. The average Bonchev–Trinajstić information content (AvgIpc) is 2.71. The number of rotatable bonds is 8. The third-order valence-corrected chi connectivity index (χ3v) is 4.81. The van der Waals surface area contributed by atoms with E-state index in [9.17, 15) is 4.79 Å². The van der Waals surface area contributed by atoms with Gasteiger partial charge in [-0.1, -0.05) is 60.8 Å². The maximum Gasteiger partial charge on any atom is 0.241 e. The number of carbonyl (C=O) groups is 1. The number of hydrogen-bond donors (Lipinski definition) is 1. The number of nitrogens with zero attached hydrogens (tertiary/aromatic N) is 1. The monoisotopic (exact) mass is 282 g/mol. The molecule has 0 aromatic carbocycles. The predicted octanol–water partition coefficient (Wildman–Crippen LogP) is 3.64. The van der Waals surface area contributed by atoms with Crippen LogP contribution in [0.25, 0.3) is 0 Å². The molecule has 0 aromatic rings. The van der Waals surface area contributed by atoms with Crippen LogP contribution in [0, 0.1) is 17.8 Å². The smallest absolute Gasteiger partial charge is 0.241 e. The van der Waals surface area contributed by atoms with Crippen LogP contribution >= 0.6 is 0 Å². The zero-order chi connectivity index (χ0) is 15.3. The molecule has 20 heavy (non-hydrogen) atoms. The van der Waals surface area contributed by atoms with Gasteiger partial charge in [-0.25, -0.2) is 0 Å². The van der Waals surface area contributed by atoms with Crippen LogP contribution in [0.1, 0.15) is 67.2 Å². The van der Waals surface area contributed by atoms with Crippen LogP contribution in [-0.2, 0) is 4.79 Å². The van der Waals surface area contributed by atoms with E-state index in [1.54, 1.807) is 0 Å². The molecule has 0 spiro atoms. The van der Waals surface area contributed by atoms with Crippen LogP contribution in [0.15, 0.2) is 0 Å².